The first-order valence-corrected chi connectivity index (χ1v) is 15.0. The predicted octanol–water partition coefficient (Wildman–Crippen LogP) is 4.81. The second-order valence-electron chi connectivity index (χ2n) is 7.98. The summed E-state index contributed by atoms with van der Waals surface area (Å²) in [5.74, 6) is -1.30. The van der Waals surface area contributed by atoms with Crippen LogP contribution in [0.15, 0.2) is 71.9 Å². The highest BCUT2D eigenvalue weighted by molar-refractivity contribution is 14.1. The number of benzene rings is 3. The molecule has 2 N–H and O–H groups in total. The smallest absolute Gasteiger partial charge is 0.328 e. The topological polar surface area (TPSA) is 127 Å². The summed E-state index contributed by atoms with van der Waals surface area (Å²) in [5, 5.41) is 3.24. The number of esters is 1. The summed E-state index contributed by atoms with van der Waals surface area (Å²) in [7, 11) is -2.93. The fourth-order valence-corrected chi connectivity index (χ4v) is 6.08. The van der Waals surface area contributed by atoms with Crippen LogP contribution in [0, 0.1) is 7.14 Å². The SMILES string of the molecule is COC(=O)C(Cc1ccc(Cl)c(I)c1)NC(=O)c1ccc(I)cc1NS(=O)(=O)c1cccc2nccnc12. The van der Waals surface area contributed by atoms with Gasteiger partial charge in [0.15, 0.2) is 0 Å². The number of ether oxygens (including phenoxy) is 1. The first kappa shape index (κ1) is 28.4. The molecule has 0 aliphatic carbocycles. The van der Waals surface area contributed by atoms with Crippen molar-refractivity contribution in [3.8, 4) is 0 Å². The van der Waals surface area contributed by atoms with Gasteiger partial charge in [0.2, 0.25) is 0 Å². The van der Waals surface area contributed by atoms with Crippen molar-refractivity contribution < 1.29 is 22.7 Å². The standard InChI is InChI=1S/C25H19ClI2N4O5S/c1-37-25(34)21(12-14-5-8-17(26)18(28)11-14)31-24(33)16-7-6-15(27)13-20(16)32-38(35,36)22-4-2-3-19-23(22)30-10-9-29-19/h2-11,13,21,32H,12H2,1H3,(H,31,33). The number of para-hydroxylation sites is 1. The van der Waals surface area contributed by atoms with Crippen LogP contribution < -0.4 is 10.0 Å². The molecule has 1 unspecified atom stereocenters. The van der Waals surface area contributed by atoms with E-state index in [9.17, 15) is 18.0 Å². The van der Waals surface area contributed by atoms with E-state index in [0.29, 0.717) is 14.1 Å². The number of amides is 1. The summed E-state index contributed by atoms with van der Waals surface area (Å²) in [6.07, 6.45) is 3.02. The average molecular weight is 777 g/mol. The van der Waals surface area contributed by atoms with Gasteiger partial charge in [-0.05, 0) is 93.2 Å². The largest absolute Gasteiger partial charge is 0.467 e. The Kier molecular flexibility index (Phi) is 9.05. The van der Waals surface area contributed by atoms with Crippen LogP contribution in [0.4, 0.5) is 5.69 Å². The maximum absolute atomic E-state index is 13.4. The van der Waals surface area contributed by atoms with Crippen LogP contribution in [0.2, 0.25) is 5.02 Å². The summed E-state index contributed by atoms with van der Waals surface area (Å²) >= 11 is 10.2. The van der Waals surface area contributed by atoms with Gasteiger partial charge >= 0.3 is 5.97 Å². The fraction of sp³-hybridized carbons (Fsp3) is 0.120. The Balaban J connectivity index is 1.65. The lowest BCUT2D eigenvalue weighted by Gasteiger charge is -2.19. The van der Waals surface area contributed by atoms with Crippen LogP contribution in [0.1, 0.15) is 15.9 Å². The summed E-state index contributed by atoms with van der Waals surface area (Å²) < 4.78 is 35.6. The molecule has 3 aromatic carbocycles. The molecule has 9 nitrogen and oxygen atoms in total. The van der Waals surface area contributed by atoms with Crippen molar-refractivity contribution in [2.24, 2.45) is 0 Å². The molecule has 0 spiro atoms. The van der Waals surface area contributed by atoms with Crippen LogP contribution in [-0.2, 0) is 26.0 Å². The molecule has 0 radical (unpaired) electrons. The number of carbonyl (C=O) groups excluding carboxylic acids is 2. The lowest BCUT2D eigenvalue weighted by molar-refractivity contribution is -0.142. The van der Waals surface area contributed by atoms with Crippen molar-refractivity contribution in [2.45, 2.75) is 17.4 Å². The molecule has 1 aromatic heterocycles. The van der Waals surface area contributed by atoms with Crippen molar-refractivity contribution in [3.05, 3.63) is 90.3 Å². The summed E-state index contributed by atoms with van der Waals surface area (Å²) in [6.45, 7) is 0. The molecule has 38 heavy (non-hydrogen) atoms. The fourth-order valence-electron chi connectivity index (χ4n) is 3.66. The first-order chi connectivity index (χ1) is 18.1. The highest BCUT2D eigenvalue weighted by Gasteiger charge is 2.26. The number of aromatic nitrogens is 2. The number of nitrogens with zero attached hydrogens (tertiary/aromatic N) is 2. The lowest BCUT2D eigenvalue weighted by atomic mass is 10.0. The second-order valence-corrected chi connectivity index (χ2v) is 12.4. The lowest BCUT2D eigenvalue weighted by Crippen LogP contribution is -2.43. The van der Waals surface area contributed by atoms with Crippen molar-refractivity contribution in [1.29, 1.82) is 0 Å². The number of methoxy groups -OCH3 is 1. The number of rotatable bonds is 8. The van der Waals surface area contributed by atoms with Gasteiger partial charge in [-0.2, -0.15) is 0 Å². The van der Waals surface area contributed by atoms with E-state index in [1.54, 1.807) is 30.3 Å². The molecule has 196 valence electrons. The quantitative estimate of drug-likeness (QED) is 0.195. The van der Waals surface area contributed by atoms with Crippen LogP contribution in [0.25, 0.3) is 11.0 Å². The van der Waals surface area contributed by atoms with Gasteiger partial charge in [0, 0.05) is 26.0 Å². The minimum Gasteiger partial charge on any atom is -0.467 e. The van der Waals surface area contributed by atoms with Gasteiger partial charge in [-0.15, -0.1) is 0 Å². The molecule has 1 amide bonds. The summed E-state index contributed by atoms with van der Waals surface area (Å²) in [5.41, 5.74) is 1.44. The van der Waals surface area contributed by atoms with Crippen molar-refractivity contribution >= 4 is 95.4 Å². The summed E-state index contributed by atoms with van der Waals surface area (Å²) in [6, 6.07) is 13.5. The molecule has 0 saturated heterocycles. The number of sulfonamides is 1. The van der Waals surface area contributed by atoms with Gasteiger partial charge in [-0.3, -0.25) is 19.5 Å². The zero-order chi connectivity index (χ0) is 27.4. The van der Waals surface area contributed by atoms with Gasteiger partial charge in [-0.1, -0.05) is 23.7 Å². The minimum absolute atomic E-state index is 0.0277. The van der Waals surface area contributed by atoms with Gasteiger partial charge in [0.25, 0.3) is 15.9 Å². The number of hydrogen-bond donors (Lipinski definition) is 2. The number of nitrogens with one attached hydrogen (secondary N) is 2. The Morgan fingerprint density at radius 2 is 1.82 bits per heavy atom. The Morgan fingerprint density at radius 3 is 2.55 bits per heavy atom. The Morgan fingerprint density at radius 1 is 1.05 bits per heavy atom. The molecule has 0 aliphatic rings. The van der Waals surface area contributed by atoms with E-state index in [0.717, 1.165) is 9.13 Å². The third-order valence-corrected chi connectivity index (χ3v) is 9.05. The molecule has 4 rings (SSSR count). The Bertz CT molecular complexity index is 1650. The highest BCUT2D eigenvalue weighted by atomic mass is 127. The number of halogens is 3. The van der Waals surface area contributed by atoms with Crippen LogP contribution >= 0.6 is 56.8 Å². The van der Waals surface area contributed by atoms with Gasteiger partial charge in [0.1, 0.15) is 16.5 Å². The van der Waals surface area contributed by atoms with Gasteiger partial charge in [-0.25, -0.2) is 13.2 Å². The number of hydrogen-bond acceptors (Lipinski definition) is 7. The van der Waals surface area contributed by atoms with Crippen molar-refractivity contribution in [1.82, 2.24) is 15.3 Å². The monoisotopic (exact) mass is 776 g/mol. The van der Waals surface area contributed by atoms with E-state index < -0.39 is 27.9 Å². The van der Waals surface area contributed by atoms with Gasteiger partial charge < -0.3 is 10.1 Å². The Labute approximate surface area is 251 Å². The van der Waals surface area contributed by atoms with E-state index in [1.807, 2.05) is 28.7 Å². The number of fused-ring (bicyclic) bond motifs is 1. The van der Waals surface area contributed by atoms with E-state index in [1.165, 1.54) is 37.7 Å². The van der Waals surface area contributed by atoms with E-state index in [2.05, 4.69) is 42.6 Å². The third kappa shape index (κ3) is 6.52. The second kappa shape index (κ2) is 12.1. The van der Waals surface area contributed by atoms with Crippen LogP contribution in [0.5, 0.6) is 0 Å². The first-order valence-electron chi connectivity index (χ1n) is 10.9. The summed E-state index contributed by atoms with van der Waals surface area (Å²) in [4.78, 5) is 34.1. The average Bonchev–Trinajstić information content (AvgIpc) is 2.89. The molecule has 4 aromatic rings. The molecule has 1 atom stereocenters. The third-order valence-electron chi connectivity index (χ3n) is 5.44. The molecule has 1 heterocycles. The number of anilines is 1. The van der Waals surface area contributed by atoms with E-state index in [-0.39, 0.29) is 28.1 Å². The molecule has 0 fully saturated rings. The molecule has 13 heteroatoms. The predicted molar refractivity (Wildman–Crippen MR) is 161 cm³/mol. The molecule has 0 bridgehead atoms. The molecular formula is C25H19ClI2N4O5S. The minimum atomic E-state index is -4.16. The van der Waals surface area contributed by atoms with Crippen molar-refractivity contribution in [2.75, 3.05) is 11.8 Å². The Hall–Kier alpha value is -2.56. The molecular weight excluding hydrogens is 758 g/mol. The number of carbonyl (C=O) groups is 2. The maximum Gasteiger partial charge on any atom is 0.328 e. The normalized spacial score (nSPS) is 12.1. The van der Waals surface area contributed by atoms with Crippen LogP contribution in [0.3, 0.4) is 0 Å². The van der Waals surface area contributed by atoms with Gasteiger partial charge in [0.05, 0.1) is 28.9 Å². The highest BCUT2D eigenvalue weighted by Crippen LogP contribution is 2.26. The molecule has 0 aliphatic heterocycles. The molecule has 0 saturated carbocycles. The van der Waals surface area contributed by atoms with Crippen LogP contribution in [-0.4, -0.2) is 43.4 Å². The van der Waals surface area contributed by atoms with E-state index in [4.69, 9.17) is 16.3 Å². The van der Waals surface area contributed by atoms with Crippen molar-refractivity contribution in [3.63, 3.8) is 0 Å². The zero-order valence-electron chi connectivity index (χ0n) is 19.6. The maximum atomic E-state index is 13.4. The zero-order valence-corrected chi connectivity index (χ0v) is 25.5. The van der Waals surface area contributed by atoms with E-state index >= 15 is 0 Å².